The van der Waals surface area contributed by atoms with E-state index in [0.29, 0.717) is 23.0 Å². The van der Waals surface area contributed by atoms with Crippen molar-refractivity contribution in [3.8, 4) is 6.19 Å². The number of rotatable bonds is 4. The van der Waals surface area contributed by atoms with E-state index in [9.17, 15) is 4.79 Å². The highest BCUT2D eigenvalue weighted by Crippen LogP contribution is 2.20. The van der Waals surface area contributed by atoms with E-state index >= 15 is 0 Å². The minimum absolute atomic E-state index is 0.243. The number of nitrogens with one attached hydrogen (secondary N) is 2. The zero-order valence-electron chi connectivity index (χ0n) is 12.5. The van der Waals surface area contributed by atoms with E-state index in [1.807, 2.05) is 24.4 Å². The molecule has 0 aliphatic rings. The van der Waals surface area contributed by atoms with Gasteiger partial charge in [0.15, 0.2) is 11.4 Å². The Kier molecular flexibility index (Phi) is 6.15. The van der Waals surface area contributed by atoms with Crippen LogP contribution >= 0.6 is 11.8 Å². The number of carbonyl (C=O) groups excluding carboxylic acids is 1. The summed E-state index contributed by atoms with van der Waals surface area (Å²) in [5.74, 6) is -0.243. The van der Waals surface area contributed by atoms with E-state index in [-0.39, 0.29) is 5.91 Å². The van der Waals surface area contributed by atoms with Gasteiger partial charge in [0.25, 0.3) is 5.91 Å². The zero-order valence-corrected chi connectivity index (χ0v) is 13.3. The van der Waals surface area contributed by atoms with Gasteiger partial charge >= 0.3 is 0 Å². The molecule has 1 heterocycles. The fraction of sp³-hybridized carbons (Fsp3) is 0.125. The van der Waals surface area contributed by atoms with Gasteiger partial charge in [0, 0.05) is 6.20 Å². The van der Waals surface area contributed by atoms with Crippen LogP contribution < -0.4 is 10.6 Å². The molecule has 0 saturated carbocycles. The number of nitriles is 1. The van der Waals surface area contributed by atoms with Crippen molar-refractivity contribution in [3.05, 3.63) is 59.9 Å². The Balaban J connectivity index is 2.16. The Labute approximate surface area is 138 Å². The van der Waals surface area contributed by atoms with Crippen molar-refractivity contribution in [1.29, 1.82) is 5.26 Å². The summed E-state index contributed by atoms with van der Waals surface area (Å²) in [6, 6.07) is 12.5. The molecule has 1 aromatic heterocycles. The normalized spacial score (nSPS) is 10.7. The Morgan fingerprint density at radius 1 is 1.30 bits per heavy atom. The number of carbonyl (C=O) groups is 1. The van der Waals surface area contributed by atoms with Crippen LogP contribution in [-0.2, 0) is 6.54 Å². The van der Waals surface area contributed by atoms with E-state index in [0.717, 1.165) is 5.69 Å². The lowest BCUT2D eigenvalue weighted by atomic mass is 10.1. The predicted octanol–water partition coefficient (Wildman–Crippen LogP) is 2.43. The molecule has 0 bridgehead atoms. The monoisotopic (exact) mass is 325 g/mol. The van der Waals surface area contributed by atoms with Crippen molar-refractivity contribution in [2.45, 2.75) is 6.54 Å². The molecule has 2 rings (SSSR count). The van der Waals surface area contributed by atoms with Crippen LogP contribution in [0, 0.1) is 11.5 Å². The highest BCUT2D eigenvalue weighted by atomic mass is 32.2. The van der Waals surface area contributed by atoms with Gasteiger partial charge in [-0.2, -0.15) is 5.26 Å². The first-order valence-electron chi connectivity index (χ1n) is 6.79. The van der Waals surface area contributed by atoms with Crippen molar-refractivity contribution >= 4 is 28.5 Å². The number of aromatic nitrogens is 1. The lowest BCUT2D eigenvalue weighted by molar-refractivity contribution is 0.0951. The molecular formula is C16H15N5OS. The third-order valence-electron chi connectivity index (χ3n) is 2.88. The van der Waals surface area contributed by atoms with Crippen LogP contribution in [0.2, 0.25) is 0 Å². The van der Waals surface area contributed by atoms with Crippen molar-refractivity contribution in [1.82, 2.24) is 15.6 Å². The molecule has 0 saturated heterocycles. The zero-order chi connectivity index (χ0) is 16.5. The van der Waals surface area contributed by atoms with Gasteiger partial charge in [-0.15, -0.1) is 0 Å². The second kappa shape index (κ2) is 8.56. The number of nitrogens with zero attached hydrogens (tertiary/aromatic N) is 3. The summed E-state index contributed by atoms with van der Waals surface area (Å²) in [7, 11) is 0. The van der Waals surface area contributed by atoms with E-state index in [4.69, 9.17) is 5.26 Å². The Morgan fingerprint density at radius 2 is 2.09 bits per heavy atom. The largest absolute Gasteiger partial charge is 0.346 e. The lowest BCUT2D eigenvalue weighted by Gasteiger charge is -2.08. The summed E-state index contributed by atoms with van der Waals surface area (Å²) in [6.45, 7) is 0.337. The number of benzene rings is 1. The third-order valence-corrected chi connectivity index (χ3v) is 3.46. The average molecular weight is 325 g/mol. The molecule has 2 N–H and O–H groups in total. The molecule has 1 amide bonds. The fourth-order valence-corrected chi connectivity index (χ4v) is 2.15. The average Bonchev–Trinajstić information content (AvgIpc) is 2.60. The smallest absolute Gasteiger partial charge is 0.253 e. The van der Waals surface area contributed by atoms with Gasteiger partial charge in [0.2, 0.25) is 0 Å². The molecule has 0 aliphatic carbocycles. The number of hydrogen-bond donors (Lipinski definition) is 2. The lowest BCUT2D eigenvalue weighted by Crippen LogP contribution is -2.23. The molecule has 1 aromatic carbocycles. The number of amides is 1. The van der Waals surface area contributed by atoms with Crippen LogP contribution in [0.3, 0.4) is 0 Å². The summed E-state index contributed by atoms with van der Waals surface area (Å²) in [5.41, 5.74) is 1.71. The van der Waals surface area contributed by atoms with Crippen LogP contribution in [0.25, 0.3) is 0 Å². The topological polar surface area (TPSA) is 90.2 Å². The van der Waals surface area contributed by atoms with Gasteiger partial charge in [0.1, 0.15) is 0 Å². The van der Waals surface area contributed by atoms with Crippen LogP contribution in [-0.4, -0.2) is 22.3 Å². The molecule has 0 spiro atoms. The molecule has 2 aromatic rings. The predicted molar refractivity (Wildman–Crippen MR) is 91.2 cm³/mol. The first kappa shape index (κ1) is 16.5. The van der Waals surface area contributed by atoms with Crippen LogP contribution in [0.15, 0.2) is 53.7 Å². The molecule has 7 heteroatoms. The minimum atomic E-state index is -0.243. The van der Waals surface area contributed by atoms with Crippen molar-refractivity contribution in [2.75, 3.05) is 6.26 Å². The summed E-state index contributed by atoms with van der Waals surface area (Å²) < 4.78 is 0. The van der Waals surface area contributed by atoms with Crippen LogP contribution in [0.5, 0.6) is 0 Å². The quantitative estimate of drug-likeness (QED) is 0.390. The summed E-state index contributed by atoms with van der Waals surface area (Å²) >= 11 is 1.29. The molecule has 0 radical (unpaired) electrons. The van der Waals surface area contributed by atoms with Crippen molar-refractivity contribution in [3.63, 3.8) is 0 Å². The Hall–Kier alpha value is -2.85. The maximum atomic E-state index is 12.4. The minimum Gasteiger partial charge on any atom is -0.346 e. The summed E-state index contributed by atoms with van der Waals surface area (Å²) in [4.78, 5) is 20.8. The molecule has 0 unspecified atom stereocenters. The van der Waals surface area contributed by atoms with Crippen molar-refractivity contribution in [2.24, 2.45) is 4.99 Å². The third kappa shape index (κ3) is 4.83. The number of aliphatic imine (C=N–C) groups is 1. The molecule has 116 valence electrons. The standard InChI is InChI=1S/C16H15N5OS/c1-23-16(20-11-17)21-14-8-3-2-7-13(14)15(22)19-10-12-6-4-5-9-18-12/h2-9H,10H2,1H3,(H,19,22)(H,20,21). The summed E-state index contributed by atoms with van der Waals surface area (Å²) in [6.07, 6.45) is 5.30. The second-order valence-electron chi connectivity index (χ2n) is 4.38. The van der Waals surface area contributed by atoms with Gasteiger partial charge in [0.05, 0.1) is 23.5 Å². The van der Waals surface area contributed by atoms with Crippen LogP contribution in [0.1, 0.15) is 16.1 Å². The Morgan fingerprint density at radius 3 is 2.78 bits per heavy atom. The van der Waals surface area contributed by atoms with Crippen LogP contribution in [0.4, 0.5) is 5.69 Å². The van der Waals surface area contributed by atoms with E-state index in [1.54, 1.807) is 36.7 Å². The van der Waals surface area contributed by atoms with Gasteiger partial charge in [-0.3, -0.25) is 15.1 Å². The Bertz CT molecular complexity index is 740. The maximum Gasteiger partial charge on any atom is 0.253 e. The van der Waals surface area contributed by atoms with E-state index in [1.165, 1.54) is 11.8 Å². The summed E-state index contributed by atoms with van der Waals surface area (Å²) in [5, 5.41) is 14.4. The van der Waals surface area contributed by atoms with Gasteiger partial charge in [-0.25, -0.2) is 4.99 Å². The number of pyridine rings is 1. The molecule has 23 heavy (non-hydrogen) atoms. The molecule has 0 fully saturated rings. The van der Waals surface area contributed by atoms with Gasteiger partial charge in [-0.05, 0) is 30.5 Å². The first-order valence-corrected chi connectivity index (χ1v) is 8.02. The van der Waals surface area contributed by atoms with E-state index < -0.39 is 0 Å². The number of amidine groups is 1. The van der Waals surface area contributed by atoms with Crippen molar-refractivity contribution < 1.29 is 4.79 Å². The van der Waals surface area contributed by atoms with E-state index in [2.05, 4.69) is 20.6 Å². The van der Waals surface area contributed by atoms with Gasteiger partial charge < -0.3 is 5.32 Å². The fourth-order valence-electron chi connectivity index (χ4n) is 1.81. The first-order chi connectivity index (χ1) is 11.2. The second-order valence-corrected chi connectivity index (χ2v) is 5.17. The molecule has 0 atom stereocenters. The number of thioether (sulfide) groups is 1. The number of para-hydroxylation sites is 1. The molecule has 6 nitrogen and oxygen atoms in total. The highest BCUT2D eigenvalue weighted by molar-refractivity contribution is 8.13. The number of hydrogen-bond acceptors (Lipinski definition) is 5. The SMILES string of the molecule is CSC(=Nc1ccccc1C(=O)NCc1ccccn1)NC#N. The molecular weight excluding hydrogens is 310 g/mol. The molecule has 0 aliphatic heterocycles. The highest BCUT2D eigenvalue weighted by Gasteiger charge is 2.11. The van der Waals surface area contributed by atoms with Gasteiger partial charge in [-0.1, -0.05) is 30.0 Å². The maximum absolute atomic E-state index is 12.4.